The molecule has 0 bridgehead atoms. The summed E-state index contributed by atoms with van der Waals surface area (Å²) >= 11 is 0. The Kier molecular flexibility index (Phi) is 8.51. The third kappa shape index (κ3) is 6.32. The van der Waals surface area contributed by atoms with Crippen molar-refractivity contribution in [2.75, 3.05) is 39.3 Å². The maximum Gasteiger partial charge on any atom is 0.254 e. The van der Waals surface area contributed by atoms with Gasteiger partial charge in [-0.3, -0.25) is 14.5 Å². The highest BCUT2D eigenvalue weighted by atomic mass is 16.2. The Hall–Kier alpha value is -3.48. The van der Waals surface area contributed by atoms with Crippen molar-refractivity contribution in [2.24, 2.45) is 0 Å². The fourth-order valence-corrected chi connectivity index (χ4v) is 5.62. The van der Waals surface area contributed by atoms with E-state index in [-0.39, 0.29) is 17.9 Å². The van der Waals surface area contributed by atoms with E-state index in [1.165, 1.54) is 11.1 Å². The number of hydrogen-bond donors (Lipinski definition) is 1. The molecule has 5 rings (SSSR count). The maximum atomic E-state index is 13.8. The van der Waals surface area contributed by atoms with Crippen LogP contribution in [-0.2, 0) is 17.8 Å². The van der Waals surface area contributed by atoms with Crippen molar-refractivity contribution in [2.45, 2.75) is 38.4 Å². The van der Waals surface area contributed by atoms with E-state index < -0.39 is 6.04 Å². The molecule has 2 atom stereocenters. The number of nitrogens with zero attached hydrogens (tertiary/aromatic N) is 3. The largest absolute Gasteiger partial charge is 0.338 e. The van der Waals surface area contributed by atoms with Crippen LogP contribution in [0.1, 0.15) is 33.5 Å². The Morgan fingerprint density at radius 3 is 2.16 bits per heavy atom. The standard InChI is InChI=1S/C32H38N4O2/c1-25-12-14-28(15-13-25)31(37)36-24-29(22-30(36)32(38)34-20-17-33-18-21-34)35(23-27-10-6-3-7-11-27)19-16-26-8-4-2-5-9-26/h2-15,29-30,33H,16-24H2,1H3. The second kappa shape index (κ2) is 12.4. The van der Waals surface area contributed by atoms with Crippen LogP contribution in [0.3, 0.4) is 0 Å². The molecule has 0 saturated carbocycles. The fraction of sp³-hybridized carbons (Fsp3) is 0.375. The highest BCUT2D eigenvalue weighted by molar-refractivity contribution is 5.98. The average Bonchev–Trinajstić information content (AvgIpc) is 3.42. The molecule has 6 nitrogen and oxygen atoms in total. The first-order valence-electron chi connectivity index (χ1n) is 13.8. The molecule has 2 unspecified atom stereocenters. The summed E-state index contributed by atoms with van der Waals surface area (Å²) in [5.41, 5.74) is 4.30. The van der Waals surface area contributed by atoms with Crippen LogP contribution in [0.15, 0.2) is 84.9 Å². The van der Waals surface area contributed by atoms with Crippen LogP contribution in [0.5, 0.6) is 0 Å². The van der Waals surface area contributed by atoms with E-state index in [4.69, 9.17) is 0 Å². The van der Waals surface area contributed by atoms with Crippen LogP contribution < -0.4 is 5.32 Å². The lowest BCUT2D eigenvalue weighted by molar-refractivity contribution is -0.135. The van der Waals surface area contributed by atoms with Crippen molar-refractivity contribution >= 4 is 11.8 Å². The van der Waals surface area contributed by atoms with Gasteiger partial charge in [-0.25, -0.2) is 0 Å². The SMILES string of the molecule is Cc1ccc(C(=O)N2CC(N(CCc3ccccc3)Cc3ccccc3)CC2C(=O)N2CCNCC2)cc1. The predicted octanol–water partition coefficient (Wildman–Crippen LogP) is 3.75. The number of aryl methyl sites for hydroxylation is 1. The van der Waals surface area contributed by atoms with Gasteiger partial charge in [0.1, 0.15) is 6.04 Å². The van der Waals surface area contributed by atoms with E-state index in [0.29, 0.717) is 31.6 Å². The fourth-order valence-electron chi connectivity index (χ4n) is 5.62. The molecule has 0 radical (unpaired) electrons. The van der Waals surface area contributed by atoms with E-state index in [1.54, 1.807) is 0 Å². The molecule has 38 heavy (non-hydrogen) atoms. The molecule has 0 aliphatic carbocycles. The molecule has 3 aromatic rings. The topological polar surface area (TPSA) is 55.9 Å². The molecular formula is C32H38N4O2. The monoisotopic (exact) mass is 510 g/mol. The number of carbonyl (C=O) groups is 2. The van der Waals surface area contributed by atoms with Gasteiger partial charge in [0.05, 0.1) is 0 Å². The predicted molar refractivity (Wildman–Crippen MR) is 151 cm³/mol. The minimum atomic E-state index is -0.443. The lowest BCUT2D eigenvalue weighted by atomic mass is 10.1. The van der Waals surface area contributed by atoms with Crippen LogP contribution in [0.4, 0.5) is 0 Å². The van der Waals surface area contributed by atoms with Crippen LogP contribution in [0.25, 0.3) is 0 Å². The zero-order valence-corrected chi connectivity index (χ0v) is 22.3. The van der Waals surface area contributed by atoms with Gasteiger partial charge in [-0.15, -0.1) is 0 Å². The molecule has 2 amide bonds. The Morgan fingerprint density at radius 2 is 1.50 bits per heavy atom. The van der Waals surface area contributed by atoms with Crippen molar-refractivity contribution in [3.05, 3.63) is 107 Å². The number of benzene rings is 3. The molecule has 3 aromatic carbocycles. The second-order valence-electron chi connectivity index (χ2n) is 10.5. The number of hydrogen-bond acceptors (Lipinski definition) is 4. The minimum Gasteiger partial charge on any atom is -0.338 e. The molecule has 2 heterocycles. The summed E-state index contributed by atoms with van der Waals surface area (Å²) in [6.07, 6.45) is 1.58. The Bertz CT molecular complexity index is 1190. The van der Waals surface area contributed by atoms with Gasteiger partial charge in [-0.05, 0) is 43.0 Å². The van der Waals surface area contributed by atoms with Crippen molar-refractivity contribution in [1.29, 1.82) is 0 Å². The highest BCUT2D eigenvalue weighted by Crippen LogP contribution is 2.28. The zero-order valence-electron chi connectivity index (χ0n) is 22.3. The summed E-state index contributed by atoms with van der Waals surface area (Å²) < 4.78 is 0. The minimum absolute atomic E-state index is 0.0521. The lowest BCUT2D eigenvalue weighted by Gasteiger charge is -2.32. The lowest BCUT2D eigenvalue weighted by Crippen LogP contribution is -2.53. The molecule has 2 saturated heterocycles. The Labute approximate surface area is 226 Å². The van der Waals surface area contributed by atoms with Crippen molar-refractivity contribution in [3.63, 3.8) is 0 Å². The van der Waals surface area contributed by atoms with Gasteiger partial charge in [0, 0.05) is 57.4 Å². The van der Waals surface area contributed by atoms with E-state index in [9.17, 15) is 9.59 Å². The normalized spacial score (nSPS) is 19.6. The summed E-state index contributed by atoms with van der Waals surface area (Å²) in [4.78, 5) is 33.8. The first-order chi connectivity index (χ1) is 18.6. The van der Waals surface area contributed by atoms with Crippen LogP contribution >= 0.6 is 0 Å². The zero-order chi connectivity index (χ0) is 26.3. The first kappa shape index (κ1) is 26.1. The van der Waals surface area contributed by atoms with E-state index in [1.807, 2.05) is 53.1 Å². The Balaban J connectivity index is 1.40. The van der Waals surface area contributed by atoms with E-state index in [0.717, 1.165) is 38.2 Å². The maximum absolute atomic E-state index is 13.8. The summed E-state index contributed by atoms with van der Waals surface area (Å²) in [7, 11) is 0. The summed E-state index contributed by atoms with van der Waals surface area (Å²) in [5, 5.41) is 3.33. The van der Waals surface area contributed by atoms with E-state index in [2.05, 4.69) is 58.7 Å². The molecule has 0 aromatic heterocycles. The van der Waals surface area contributed by atoms with Crippen molar-refractivity contribution in [3.8, 4) is 0 Å². The number of piperazine rings is 1. The van der Waals surface area contributed by atoms with Gasteiger partial charge >= 0.3 is 0 Å². The van der Waals surface area contributed by atoms with Gasteiger partial charge in [-0.1, -0.05) is 78.4 Å². The van der Waals surface area contributed by atoms with Crippen molar-refractivity contribution in [1.82, 2.24) is 20.0 Å². The quantitative estimate of drug-likeness (QED) is 0.502. The molecule has 198 valence electrons. The molecule has 2 fully saturated rings. The van der Waals surface area contributed by atoms with Gasteiger partial charge in [0.25, 0.3) is 5.91 Å². The molecule has 1 N–H and O–H groups in total. The number of carbonyl (C=O) groups excluding carboxylic acids is 2. The Morgan fingerprint density at radius 1 is 0.868 bits per heavy atom. The first-order valence-corrected chi connectivity index (χ1v) is 13.8. The summed E-state index contributed by atoms with van der Waals surface area (Å²) in [6.45, 7) is 7.20. The van der Waals surface area contributed by atoms with Crippen LogP contribution in [0.2, 0.25) is 0 Å². The van der Waals surface area contributed by atoms with Gasteiger partial charge < -0.3 is 15.1 Å². The molecule has 6 heteroatoms. The van der Waals surface area contributed by atoms with E-state index >= 15 is 0 Å². The second-order valence-corrected chi connectivity index (χ2v) is 10.5. The highest BCUT2D eigenvalue weighted by Gasteiger charge is 2.43. The van der Waals surface area contributed by atoms with Crippen LogP contribution in [0, 0.1) is 6.92 Å². The third-order valence-electron chi connectivity index (χ3n) is 7.83. The van der Waals surface area contributed by atoms with Gasteiger partial charge in [0.2, 0.25) is 5.91 Å². The smallest absolute Gasteiger partial charge is 0.254 e. The summed E-state index contributed by atoms with van der Waals surface area (Å²) in [6, 6.07) is 28.4. The number of rotatable bonds is 8. The van der Waals surface area contributed by atoms with Gasteiger partial charge in [-0.2, -0.15) is 0 Å². The average molecular weight is 511 g/mol. The summed E-state index contributed by atoms with van der Waals surface area (Å²) in [5.74, 6) is 0.0286. The number of amides is 2. The molecule has 2 aliphatic rings. The van der Waals surface area contributed by atoms with Crippen LogP contribution in [-0.4, -0.2) is 77.9 Å². The molecule has 0 spiro atoms. The van der Waals surface area contributed by atoms with Gasteiger partial charge in [0.15, 0.2) is 0 Å². The number of likely N-dealkylation sites (tertiary alicyclic amines) is 1. The van der Waals surface area contributed by atoms with Crippen molar-refractivity contribution < 1.29 is 9.59 Å². The molecule has 2 aliphatic heterocycles. The number of nitrogens with one attached hydrogen (secondary N) is 1. The third-order valence-corrected chi connectivity index (χ3v) is 7.83. The molecular weight excluding hydrogens is 472 g/mol.